The topological polar surface area (TPSA) is 29.3 Å². The molecule has 1 rings (SSSR count). The summed E-state index contributed by atoms with van der Waals surface area (Å²) in [6.45, 7) is -0.436. The highest BCUT2D eigenvalue weighted by Crippen LogP contribution is 2.21. The molecule has 1 aromatic rings. The highest BCUT2D eigenvalue weighted by atomic mass is 32.1. The molecule has 94 valence electrons. The summed E-state index contributed by atoms with van der Waals surface area (Å²) >= 11 is 1.40. The summed E-state index contributed by atoms with van der Waals surface area (Å²) in [5.41, 5.74) is 6.01. The Hall–Kier alpha value is -1.03. The van der Waals surface area contributed by atoms with E-state index in [0.717, 1.165) is 10.4 Å². The van der Waals surface area contributed by atoms with Crippen molar-refractivity contribution >= 4 is 11.3 Å². The fraction of sp³-hybridized carbons (Fsp3) is 0.455. The van der Waals surface area contributed by atoms with E-state index >= 15 is 0 Å². The zero-order chi connectivity index (χ0) is 12.9. The van der Waals surface area contributed by atoms with Crippen molar-refractivity contribution in [1.29, 1.82) is 0 Å². The summed E-state index contributed by atoms with van der Waals surface area (Å²) in [6, 6.07) is 1.80. The molecule has 2 N–H and O–H groups in total. The quantitative estimate of drug-likeness (QED) is 0.845. The zero-order valence-corrected chi connectivity index (χ0v) is 10.2. The third kappa shape index (κ3) is 5.22. The van der Waals surface area contributed by atoms with Crippen molar-refractivity contribution in [2.75, 3.05) is 20.1 Å². The number of hydrogen-bond acceptors (Lipinski definition) is 3. The standard InChI is InChI=1S/C11H13F3N2S/c1-16(8-11(12,13)14)7-10-9(3-2-5-15)4-6-17-10/h4,6H,5,7-8,15H2,1H3. The van der Waals surface area contributed by atoms with Crippen LogP contribution in [0.1, 0.15) is 10.4 Å². The molecule has 2 nitrogen and oxygen atoms in total. The third-order valence-electron chi connectivity index (χ3n) is 1.93. The second-order valence-electron chi connectivity index (χ2n) is 3.55. The Bertz CT molecular complexity index is 414. The van der Waals surface area contributed by atoms with Crippen LogP contribution in [0.5, 0.6) is 0 Å². The number of thiophene rings is 1. The number of nitrogens with two attached hydrogens (primary N) is 1. The molecule has 0 atom stereocenters. The summed E-state index contributed by atoms with van der Waals surface area (Å²) < 4.78 is 36.5. The number of alkyl halides is 3. The zero-order valence-electron chi connectivity index (χ0n) is 9.34. The Morgan fingerprint density at radius 1 is 1.47 bits per heavy atom. The maximum Gasteiger partial charge on any atom is 0.401 e. The van der Waals surface area contributed by atoms with E-state index in [1.165, 1.54) is 23.3 Å². The monoisotopic (exact) mass is 262 g/mol. The first-order chi connectivity index (χ1) is 7.92. The molecule has 0 fully saturated rings. The van der Waals surface area contributed by atoms with Gasteiger partial charge in [-0.1, -0.05) is 11.8 Å². The summed E-state index contributed by atoms with van der Waals surface area (Å²) in [4.78, 5) is 2.05. The predicted molar refractivity (Wildman–Crippen MR) is 62.6 cm³/mol. The van der Waals surface area contributed by atoms with Crippen molar-refractivity contribution in [3.05, 3.63) is 21.9 Å². The van der Waals surface area contributed by atoms with Crippen molar-refractivity contribution in [3.63, 3.8) is 0 Å². The average Bonchev–Trinajstić information content (AvgIpc) is 2.59. The van der Waals surface area contributed by atoms with Gasteiger partial charge in [0.1, 0.15) is 0 Å². The van der Waals surface area contributed by atoms with E-state index in [-0.39, 0.29) is 13.1 Å². The minimum Gasteiger partial charge on any atom is -0.320 e. The molecule has 0 aromatic carbocycles. The highest BCUT2D eigenvalue weighted by Gasteiger charge is 2.29. The SMILES string of the molecule is CN(Cc1sccc1C#CCN)CC(F)(F)F. The van der Waals surface area contributed by atoms with Gasteiger partial charge in [0.2, 0.25) is 0 Å². The first kappa shape index (κ1) is 14.0. The number of hydrogen-bond donors (Lipinski definition) is 1. The molecule has 1 heterocycles. The van der Waals surface area contributed by atoms with E-state index in [9.17, 15) is 13.2 Å². The molecule has 0 aliphatic rings. The van der Waals surface area contributed by atoms with Gasteiger partial charge in [-0.25, -0.2) is 0 Å². The average molecular weight is 262 g/mol. The van der Waals surface area contributed by atoms with Crippen molar-refractivity contribution in [2.45, 2.75) is 12.7 Å². The van der Waals surface area contributed by atoms with Gasteiger partial charge in [0.25, 0.3) is 0 Å². The molecular formula is C11H13F3N2S. The molecule has 17 heavy (non-hydrogen) atoms. The van der Waals surface area contributed by atoms with E-state index in [2.05, 4.69) is 11.8 Å². The van der Waals surface area contributed by atoms with E-state index < -0.39 is 12.7 Å². The van der Waals surface area contributed by atoms with Gasteiger partial charge >= 0.3 is 6.18 Å². The van der Waals surface area contributed by atoms with Crippen molar-refractivity contribution in [3.8, 4) is 11.8 Å². The highest BCUT2D eigenvalue weighted by molar-refractivity contribution is 7.10. The van der Waals surface area contributed by atoms with Gasteiger partial charge in [-0.05, 0) is 18.5 Å². The van der Waals surface area contributed by atoms with E-state index in [1.807, 2.05) is 5.38 Å². The first-order valence-electron chi connectivity index (χ1n) is 4.93. The molecular weight excluding hydrogens is 249 g/mol. The van der Waals surface area contributed by atoms with Crippen LogP contribution in [0.15, 0.2) is 11.4 Å². The molecule has 0 unspecified atom stereocenters. The van der Waals surface area contributed by atoms with Crippen LogP contribution in [0.3, 0.4) is 0 Å². The lowest BCUT2D eigenvalue weighted by molar-refractivity contribution is -0.143. The van der Waals surface area contributed by atoms with E-state index in [4.69, 9.17) is 5.73 Å². The van der Waals surface area contributed by atoms with Gasteiger partial charge < -0.3 is 5.73 Å². The second kappa shape index (κ2) is 6.05. The van der Waals surface area contributed by atoms with Gasteiger partial charge in [-0.2, -0.15) is 13.2 Å². The Morgan fingerprint density at radius 3 is 2.76 bits per heavy atom. The van der Waals surface area contributed by atoms with Gasteiger partial charge in [-0.15, -0.1) is 11.3 Å². The Morgan fingerprint density at radius 2 is 2.18 bits per heavy atom. The molecule has 6 heteroatoms. The fourth-order valence-electron chi connectivity index (χ4n) is 1.33. The summed E-state index contributed by atoms with van der Waals surface area (Å²) in [5.74, 6) is 5.54. The second-order valence-corrected chi connectivity index (χ2v) is 4.55. The Kier molecular flexibility index (Phi) is 5.00. The molecule has 0 aliphatic carbocycles. The van der Waals surface area contributed by atoms with Gasteiger partial charge in [0.15, 0.2) is 0 Å². The normalized spacial score (nSPS) is 11.4. The summed E-state index contributed by atoms with van der Waals surface area (Å²) in [7, 11) is 1.44. The molecule has 0 spiro atoms. The fourth-order valence-corrected chi connectivity index (χ4v) is 2.24. The largest absolute Gasteiger partial charge is 0.401 e. The number of halogens is 3. The van der Waals surface area contributed by atoms with Crippen LogP contribution < -0.4 is 5.73 Å². The van der Waals surface area contributed by atoms with Crippen LogP contribution in [0, 0.1) is 11.8 Å². The summed E-state index contributed by atoms with van der Waals surface area (Å²) in [5, 5.41) is 1.82. The lowest BCUT2D eigenvalue weighted by Gasteiger charge is -2.17. The predicted octanol–water partition coefficient (Wildman–Crippen LogP) is 2.05. The minimum absolute atomic E-state index is 0.242. The Labute approximate surface area is 102 Å². The van der Waals surface area contributed by atoms with Gasteiger partial charge in [0.05, 0.1) is 13.1 Å². The van der Waals surface area contributed by atoms with Crippen LogP contribution >= 0.6 is 11.3 Å². The number of rotatable bonds is 3. The van der Waals surface area contributed by atoms with Gasteiger partial charge in [-0.3, -0.25) is 4.90 Å². The minimum atomic E-state index is -4.17. The maximum atomic E-state index is 12.2. The first-order valence-corrected chi connectivity index (χ1v) is 5.81. The van der Waals surface area contributed by atoms with Crippen LogP contribution in [0.4, 0.5) is 13.2 Å². The van der Waals surface area contributed by atoms with Crippen molar-refractivity contribution in [2.24, 2.45) is 5.73 Å². The smallest absolute Gasteiger partial charge is 0.320 e. The lowest BCUT2D eigenvalue weighted by atomic mass is 10.2. The number of nitrogens with zero attached hydrogens (tertiary/aromatic N) is 1. The molecule has 0 amide bonds. The van der Waals surface area contributed by atoms with Crippen LogP contribution in [-0.2, 0) is 6.54 Å². The molecule has 0 radical (unpaired) electrons. The van der Waals surface area contributed by atoms with Gasteiger partial charge in [0, 0.05) is 17.0 Å². The van der Waals surface area contributed by atoms with Crippen LogP contribution in [-0.4, -0.2) is 31.2 Å². The van der Waals surface area contributed by atoms with Crippen molar-refractivity contribution < 1.29 is 13.2 Å². The molecule has 1 aromatic heterocycles. The summed E-state index contributed by atoms with van der Waals surface area (Å²) in [6.07, 6.45) is -4.17. The van der Waals surface area contributed by atoms with Crippen LogP contribution in [0.2, 0.25) is 0 Å². The maximum absolute atomic E-state index is 12.2. The Balaban J connectivity index is 2.65. The van der Waals surface area contributed by atoms with Crippen LogP contribution in [0.25, 0.3) is 0 Å². The molecule has 0 aliphatic heterocycles. The third-order valence-corrected chi connectivity index (χ3v) is 2.84. The molecule has 0 bridgehead atoms. The molecule has 0 saturated heterocycles. The lowest BCUT2D eigenvalue weighted by Crippen LogP contribution is -2.30. The molecule has 0 saturated carbocycles. The van der Waals surface area contributed by atoms with E-state index in [1.54, 1.807) is 6.07 Å². The van der Waals surface area contributed by atoms with E-state index in [0.29, 0.717) is 0 Å². The van der Waals surface area contributed by atoms with Crippen molar-refractivity contribution in [1.82, 2.24) is 4.90 Å².